The lowest BCUT2D eigenvalue weighted by atomic mass is 10.1. The molecular formula is C25H22ClF3N2O4. The quantitative estimate of drug-likeness (QED) is 0.314. The van der Waals surface area contributed by atoms with Gasteiger partial charge in [0.15, 0.2) is 0 Å². The number of halogens is 4. The number of carbonyl (C=O) groups is 2. The van der Waals surface area contributed by atoms with Gasteiger partial charge in [-0.15, -0.1) is 0 Å². The zero-order valence-corrected chi connectivity index (χ0v) is 19.6. The van der Waals surface area contributed by atoms with E-state index >= 15 is 0 Å². The fourth-order valence-electron chi connectivity index (χ4n) is 3.03. The van der Waals surface area contributed by atoms with Crippen LogP contribution in [-0.2, 0) is 15.7 Å². The van der Waals surface area contributed by atoms with Crippen LogP contribution in [0.25, 0.3) is 17.4 Å². The molecule has 0 aliphatic carbocycles. The van der Waals surface area contributed by atoms with Crippen LogP contribution >= 0.6 is 11.6 Å². The van der Waals surface area contributed by atoms with Crippen molar-refractivity contribution in [1.82, 2.24) is 10.6 Å². The Morgan fingerprint density at radius 2 is 1.80 bits per heavy atom. The highest BCUT2D eigenvalue weighted by atomic mass is 35.5. The number of rotatable bonds is 8. The third kappa shape index (κ3) is 6.97. The summed E-state index contributed by atoms with van der Waals surface area (Å²) in [6.45, 7) is 2.32. The van der Waals surface area contributed by atoms with Crippen molar-refractivity contribution in [3.63, 3.8) is 0 Å². The standard InChI is InChI=1S/C25H22ClF3N2O4/c1-15-3-5-16(6-4-15)23(32)31-21(24(33)30-11-12-34-2)14-18-8-10-22(35-18)19-13-17(25(27,28)29)7-9-20(19)26/h3-10,13-14H,11-12H2,1-2H3,(H,30,33)(H,31,32)/b21-14+. The Kier molecular flexibility index (Phi) is 8.37. The molecule has 184 valence electrons. The molecule has 1 heterocycles. The molecule has 2 aromatic carbocycles. The van der Waals surface area contributed by atoms with Crippen molar-refractivity contribution in [2.24, 2.45) is 0 Å². The molecule has 2 N–H and O–H groups in total. The Morgan fingerprint density at radius 3 is 2.46 bits per heavy atom. The normalized spacial score (nSPS) is 11.9. The van der Waals surface area contributed by atoms with E-state index in [2.05, 4.69) is 10.6 Å². The predicted octanol–water partition coefficient (Wildman–Crippen LogP) is 5.46. The van der Waals surface area contributed by atoms with Crippen molar-refractivity contribution >= 4 is 29.5 Å². The van der Waals surface area contributed by atoms with Gasteiger partial charge in [-0.2, -0.15) is 13.2 Å². The minimum atomic E-state index is -4.55. The van der Waals surface area contributed by atoms with Crippen LogP contribution in [-0.4, -0.2) is 32.1 Å². The Bertz CT molecular complexity index is 1230. The zero-order valence-electron chi connectivity index (χ0n) is 18.8. The number of hydrogen-bond donors (Lipinski definition) is 2. The third-order valence-corrected chi connectivity index (χ3v) is 5.20. The zero-order chi connectivity index (χ0) is 25.6. The fraction of sp³-hybridized carbons (Fsp3) is 0.200. The summed E-state index contributed by atoms with van der Waals surface area (Å²) in [5.74, 6) is -0.936. The first-order valence-electron chi connectivity index (χ1n) is 10.4. The van der Waals surface area contributed by atoms with E-state index in [4.69, 9.17) is 20.8 Å². The maximum Gasteiger partial charge on any atom is 0.416 e. The molecular weight excluding hydrogens is 485 g/mol. The van der Waals surface area contributed by atoms with E-state index in [0.29, 0.717) is 5.56 Å². The van der Waals surface area contributed by atoms with Gasteiger partial charge in [-0.3, -0.25) is 9.59 Å². The molecule has 0 bridgehead atoms. The van der Waals surface area contributed by atoms with Gasteiger partial charge in [-0.05, 0) is 49.4 Å². The van der Waals surface area contributed by atoms with Crippen LogP contribution in [0.1, 0.15) is 27.2 Å². The number of aryl methyl sites for hydroxylation is 1. The van der Waals surface area contributed by atoms with E-state index in [9.17, 15) is 22.8 Å². The monoisotopic (exact) mass is 506 g/mol. The number of ether oxygens (including phenoxy) is 1. The van der Waals surface area contributed by atoms with Gasteiger partial charge >= 0.3 is 6.18 Å². The highest BCUT2D eigenvalue weighted by Gasteiger charge is 2.31. The highest BCUT2D eigenvalue weighted by molar-refractivity contribution is 6.33. The van der Waals surface area contributed by atoms with Crippen molar-refractivity contribution < 1.29 is 31.9 Å². The fourth-order valence-corrected chi connectivity index (χ4v) is 3.24. The Balaban J connectivity index is 1.91. The molecule has 0 spiro atoms. The van der Waals surface area contributed by atoms with E-state index < -0.39 is 23.6 Å². The summed E-state index contributed by atoms with van der Waals surface area (Å²) < 4.78 is 49.9. The van der Waals surface area contributed by atoms with Gasteiger partial charge in [0.25, 0.3) is 11.8 Å². The highest BCUT2D eigenvalue weighted by Crippen LogP contribution is 2.36. The number of benzene rings is 2. The Labute approximate surface area is 204 Å². The number of nitrogens with one attached hydrogen (secondary N) is 2. The number of carbonyl (C=O) groups excluding carboxylic acids is 2. The average molecular weight is 507 g/mol. The molecule has 0 radical (unpaired) electrons. The van der Waals surface area contributed by atoms with Gasteiger partial charge in [0.1, 0.15) is 17.2 Å². The lowest BCUT2D eigenvalue weighted by Crippen LogP contribution is -2.36. The van der Waals surface area contributed by atoms with Gasteiger partial charge in [0.05, 0.1) is 17.2 Å². The van der Waals surface area contributed by atoms with Crippen LogP contribution in [0, 0.1) is 6.92 Å². The summed E-state index contributed by atoms with van der Waals surface area (Å²) in [6.07, 6.45) is -3.28. The molecule has 0 unspecified atom stereocenters. The van der Waals surface area contributed by atoms with Gasteiger partial charge in [0.2, 0.25) is 0 Å². The largest absolute Gasteiger partial charge is 0.457 e. The number of furan rings is 1. The molecule has 0 aliphatic heterocycles. The van der Waals surface area contributed by atoms with Crippen LogP contribution in [0.3, 0.4) is 0 Å². The maximum absolute atomic E-state index is 13.1. The summed E-state index contributed by atoms with van der Waals surface area (Å²) in [7, 11) is 1.48. The van der Waals surface area contributed by atoms with E-state index in [1.54, 1.807) is 24.3 Å². The van der Waals surface area contributed by atoms with Crippen LogP contribution in [0.15, 0.2) is 64.7 Å². The third-order valence-electron chi connectivity index (χ3n) is 4.87. The Hall–Kier alpha value is -3.56. The molecule has 0 fully saturated rings. The van der Waals surface area contributed by atoms with Crippen LogP contribution in [0.2, 0.25) is 5.02 Å². The molecule has 3 aromatic rings. The van der Waals surface area contributed by atoms with Crippen molar-refractivity contribution in [1.29, 1.82) is 0 Å². The number of alkyl halides is 3. The second-order valence-corrected chi connectivity index (χ2v) is 7.93. The lowest BCUT2D eigenvalue weighted by Gasteiger charge is -2.11. The molecule has 0 saturated carbocycles. The summed E-state index contributed by atoms with van der Waals surface area (Å²) >= 11 is 6.09. The lowest BCUT2D eigenvalue weighted by molar-refractivity contribution is -0.137. The van der Waals surface area contributed by atoms with E-state index in [-0.39, 0.29) is 41.0 Å². The Morgan fingerprint density at radius 1 is 1.09 bits per heavy atom. The molecule has 35 heavy (non-hydrogen) atoms. The van der Waals surface area contributed by atoms with Crippen molar-refractivity contribution in [2.75, 3.05) is 20.3 Å². The first-order chi connectivity index (χ1) is 16.6. The van der Waals surface area contributed by atoms with E-state index in [1.165, 1.54) is 25.3 Å². The van der Waals surface area contributed by atoms with Gasteiger partial charge < -0.3 is 19.8 Å². The summed E-state index contributed by atoms with van der Waals surface area (Å²) in [5, 5.41) is 5.22. The van der Waals surface area contributed by atoms with Gasteiger partial charge in [-0.1, -0.05) is 29.3 Å². The number of methoxy groups -OCH3 is 1. The van der Waals surface area contributed by atoms with Crippen molar-refractivity contribution in [3.8, 4) is 11.3 Å². The summed E-state index contributed by atoms with van der Waals surface area (Å²) in [4.78, 5) is 25.4. The summed E-state index contributed by atoms with van der Waals surface area (Å²) in [5.41, 5.74) is 0.334. The average Bonchev–Trinajstić information content (AvgIpc) is 3.27. The maximum atomic E-state index is 13.1. The molecule has 6 nitrogen and oxygen atoms in total. The van der Waals surface area contributed by atoms with Gasteiger partial charge in [0, 0.05) is 30.9 Å². The molecule has 0 aliphatic rings. The smallest absolute Gasteiger partial charge is 0.416 e. The van der Waals surface area contributed by atoms with Crippen LogP contribution in [0.5, 0.6) is 0 Å². The number of hydrogen-bond acceptors (Lipinski definition) is 4. The first-order valence-corrected chi connectivity index (χ1v) is 10.8. The minimum Gasteiger partial charge on any atom is -0.457 e. The van der Waals surface area contributed by atoms with Crippen molar-refractivity contribution in [3.05, 3.63) is 87.8 Å². The minimum absolute atomic E-state index is 0.0379. The summed E-state index contributed by atoms with van der Waals surface area (Å²) in [6, 6.07) is 12.5. The van der Waals surface area contributed by atoms with Crippen LogP contribution < -0.4 is 10.6 Å². The second-order valence-electron chi connectivity index (χ2n) is 7.52. The molecule has 2 amide bonds. The van der Waals surface area contributed by atoms with E-state index in [1.807, 2.05) is 6.92 Å². The van der Waals surface area contributed by atoms with Crippen LogP contribution in [0.4, 0.5) is 13.2 Å². The molecule has 0 saturated heterocycles. The molecule has 0 atom stereocenters. The molecule has 1 aromatic heterocycles. The van der Waals surface area contributed by atoms with E-state index in [0.717, 1.165) is 23.8 Å². The topological polar surface area (TPSA) is 80.6 Å². The SMILES string of the molecule is COCCNC(=O)/C(=C\c1ccc(-c2cc(C(F)(F)F)ccc2Cl)o1)NC(=O)c1ccc(C)cc1. The van der Waals surface area contributed by atoms with Crippen molar-refractivity contribution in [2.45, 2.75) is 13.1 Å². The molecule has 10 heteroatoms. The van der Waals surface area contributed by atoms with Gasteiger partial charge in [-0.25, -0.2) is 0 Å². The number of amides is 2. The first kappa shape index (κ1) is 26.1. The second kappa shape index (κ2) is 11.2. The molecule has 3 rings (SSSR count). The predicted molar refractivity (Wildman–Crippen MR) is 126 cm³/mol.